The Labute approximate surface area is 133 Å². The lowest BCUT2D eigenvalue weighted by atomic mass is 9.87. The average Bonchev–Trinajstić information content (AvgIpc) is 2.53. The predicted octanol–water partition coefficient (Wildman–Crippen LogP) is 5.18. The van der Waals surface area contributed by atoms with E-state index in [9.17, 15) is 9.90 Å². The Morgan fingerprint density at radius 2 is 2.05 bits per heavy atom. The average molecular weight is 301 g/mol. The molecule has 0 radical (unpaired) electrons. The number of amides is 1. The van der Waals surface area contributed by atoms with Crippen LogP contribution in [0.2, 0.25) is 0 Å². The number of carboxylic acid groups (broad SMARTS) is 1. The fourth-order valence-corrected chi connectivity index (χ4v) is 3.36. The van der Waals surface area contributed by atoms with Gasteiger partial charge in [0.05, 0.1) is 6.04 Å². The maximum Gasteiger partial charge on any atom is 0.407 e. The molecule has 0 bridgehead atoms. The zero-order valence-corrected chi connectivity index (χ0v) is 13.3. The number of benzene rings is 1. The Bertz CT molecular complexity index is 498. The van der Waals surface area contributed by atoms with Gasteiger partial charge in [-0.3, -0.25) is 0 Å². The van der Waals surface area contributed by atoms with Crippen molar-refractivity contribution in [3.05, 3.63) is 48.0 Å². The van der Waals surface area contributed by atoms with Crippen molar-refractivity contribution in [1.82, 2.24) is 4.90 Å². The number of unbranched alkanes of at least 4 members (excludes halogenated alkanes) is 4. The van der Waals surface area contributed by atoms with Crippen LogP contribution in [0.5, 0.6) is 0 Å². The second-order valence-electron chi connectivity index (χ2n) is 6.07. The van der Waals surface area contributed by atoms with Crippen LogP contribution in [0.4, 0.5) is 4.79 Å². The minimum Gasteiger partial charge on any atom is -0.465 e. The van der Waals surface area contributed by atoms with Crippen LogP contribution in [0.25, 0.3) is 0 Å². The van der Waals surface area contributed by atoms with Gasteiger partial charge in [0, 0.05) is 6.54 Å². The van der Waals surface area contributed by atoms with Crippen molar-refractivity contribution in [3.63, 3.8) is 0 Å². The van der Waals surface area contributed by atoms with Crippen molar-refractivity contribution < 1.29 is 9.90 Å². The quantitative estimate of drug-likeness (QED) is 0.531. The molecule has 1 atom stereocenters. The molecule has 3 heteroatoms. The lowest BCUT2D eigenvalue weighted by Crippen LogP contribution is -2.36. The summed E-state index contributed by atoms with van der Waals surface area (Å²) in [5.74, 6) is 0. The SMILES string of the molecule is C=CCCCCCCN(C(=O)O)[C@H]1CCCc2ccccc21. The third-order valence-electron chi connectivity index (χ3n) is 4.52. The van der Waals surface area contributed by atoms with Crippen LogP contribution in [0.3, 0.4) is 0 Å². The van der Waals surface area contributed by atoms with Crippen LogP contribution in [-0.4, -0.2) is 22.6 Å². The standard InChI is InChI=1S/C19H27NO2/c1-2-3-4-5-6-9-15-20(19(21)22)18-14-10-12-16-11-7-8-13-17(16)18/h2,7-8,11,13,18H,1,3-6,9-10,12,14-15H2,(H,21,22)/t18-/m0/s1. The Kier molecular flexibility index (Phi) is 6.50. The molecule has 0 unspecified atom stereocenters. The van der Waals surface area contributed by atoms with Crippen LogP contribution in [0.1, 0.15) is 62.1 Å². The summed E-state index contributed by atoms with van der Waals surface area (Å²) in [7, 11) is 0. The van der Waals surface area contributed by atoms with Crippen LogP contribution in [0.15, 0.2) is 36.9 Å². The van der Waals surface area contributed by atoms with Crippen molar-refractivity contribution in [1.29, 1.82) is 0 Å². The van der Waals surface area contributed by atoms with E-state index in [1.54, 1.807) is 4.90 Å². The van der Waals surface area contributed by atoms with Crippen molar-refractivity contribution >= 4 is 6.09 Å². The maximum atomic E-state index is 11.7. The molecule has 0 aliphatic heterocycles. The number of nitrogens with zero attached hydrogens (tertiary/aromatic N) is 1. The molecule has 1 aromatic rings. The van der Waals surface area contributed by atoms with Gasteiger partial charge in [-0.05, 0) is 49.7 Å². The normalized spacial score (nSPS) is 16.8. The summed E-state index contributed by atoms with van der Waals surface area (Å²) in [5.41, 5.74) is 2.53. The smallest absolute Gasteiger partial charge is 0.407 e. The van der Waals surface area contributed by atoms with Gasteiger partial charge in [0.2, 0.25) is 0 Å². The van der Waals surface area contributed by atoms with E-state index in [-0.39, 0.29) is 6.04 Å². The molecule has 0 spiro atoms. The van der Waals surface area contributed by atoms with E-state index < -0.39 is 6.09 Å². The van der Waals surface area contributed by atoms with Crippen LogP contribution in [-0.2, 0) is 6.42 Å². The van der Waals surface area contributed by atoms with Gasteiger partial charge in [-0.25, -0.2) is 4.79 Å². The highest BCUT2D eigenvalue weighted by molar-refractivity contribution is 5.66. The molecule has 0 heterocycles. The maximum absolute atomic E-state index is 11.7. The first-order chi connectivity index (χ1) is 10.7. The van der Waals surface area contributed by atoms with Gasteiger partial charge in [-0.2, -0.15) is 0 Å². The lowest BCUT2D eigenvalue weighted by Gasteiger charge is -2.34. The Morgan fingerprint density at radius 1 is 1.27 bits per heavy atom. The number of aryl methyl sites for hydroxylation is 1. The third-order valence-corrected chi connectivity index (χ3v) is 4.52. The Hall–Kier alpha value is -1.77. The fraction of sp³-hybridized carbons (Fsp3) is 0.526. The van der Waals surface area contributed by atoms with Gasteiger partial charge in [0.1, 0.15) is 0 Å². The van der Waals surface area contributed by atoms with Crippen molar-refractivity contribution in [3.8, 4) is 0 Å². The number of rotatable bonds is 8. The van der Waals surface area contributed by atoms with Crippen molar-refractivity contribution in [2.45, 2.75) is 57.4 Å². The molecule has 1 N–H and O–H groups in total. The molecule has 120 valence electrons. The first-order valence-corrected chi connectivity index (χ1v) is 8.42. The molecule has 1 aliphatic carbocycles. The molecule has 1 aliphatic rings. The summed E-state index contributed by atoms with van der Waals surface area (Å²) in [6.07, 6.45) is 9.65. The summed E-state index contributed by atoms with van der Waals surface area (Å²) < 4.78 is 0. The minimum absolute atomic E-state index is 0.0376. The number of carbonyl (C=O) groups is 1. The van der Waals surface area contributed by atoms with Crippen LogP contribution in [0, 0.1) is 0 Å². The van der Waals surface area contributed by atoms with Gasteiger partial charge in [0.25, 0.3) is 0 Å². The molecular formula is C19H27NO2. The highest BCUT2D eigenvalue weighted by atomic mass is 16.4. The molecular weight excluding hydrogens is 274 g/mol. The van der Waals surface area contributed by atoms with Crippen LogP contribution >= 0.6 is 0 Å². The van der Waals surface area contributed by atoms with E-state index in [1.165, 1.54) is 11.1 Å². The molecule has 0 saturated heterocycles. The fourth-order valence-electron chi connectivity index (χ4n) is 3.36. The predicted molar refractivity (Wildman–Crippen MR) is 90.1 cm³/mol. The van der Waals surface area contributed by atoms with Gasteiger partial charge in [-0.1, -0.05) is 43.2 Å². The van der Waals surface area contributed by atoms with Gasteiger partial charge >= 0.3 is 6.09 Å². The first kappa shape index (κ1) is 16.6. The van der Waals surface area contributed by atoms with Gasteiger partial charge in [0.15, 0.2) is 0 Å². The lowest BCUT2D eigenvalue weighted by molar-refractivity contribution is 0.117. The molecule has 0 aromatic heterocycles. The number of hydrogen-bond donors (Lipinski definition) is 1. The minimum atomic E-state index is -0.784. The van der Waals surface area contributed by atoms with E-state index >= 15 is 0 Å². The molecule has 2 rings (SSSR count). The molecule has 0 saturated carbocycles. The Balaban J connectivity index is 1.94. The van der Waals surface area contributed by atoms with Crippen molar-refractivity contribution in [2.24, 2.45) is 0 Å². The number of fused-ring (bicyclic) bond motifs is 1. The van der Waals surface area contributed by atoms with E-state index in [1.807, 2.05) is 18.2 Å². The highest BCUT2D eigenvalue weighted by Gasteiger charge is 2.28. The second kappa shape index (κ2) is 8.62. The van der Waals surface area contributed by atoms with E-state index in [0.29, 0.717) is 6.54 Å². The zero-order chi connectivity index (χ0) is 15.8. The van der Waals surface area contributed by atoms with Gasteiger partial charge in [-0.15, -0.1) is 6.58 Å². The molecule has 22 heavy (non-hydrogen) atoms. The number of hydrogen-bond acceptors (Lipinski definition) is 1. The zero-order valence-electron chi connectivity index (χ0n) is 13.3. The summed E-state index contributed by atoms with van der Waals surface area (Å²) >= 11 is 0. The van der Waals surface area contributed by atoms with E-state index in [4.69, 9.17) is 0 Å². The topological polar surface area (TPSA) is 40.5 Å². The molecule has 1 amide bonds. The summed E-state index contributed by atoms with van der Waals surface area (Å²) in [6, 6.07) is 8.34. The second-order valence-corrected chi connectivity index (χ2v) is 6.07. The van der Waals surface area contributed by atoms with E-state index in [0.717, 1.165) is 51.4 Å². The van der Waals surface area contributed by atoms with Crippen molar-refractivity contribution in [2.75, 3.05) is 6.54 Å². The Morgan fingerprint density at radius 3 is 2.82 bits per heavy atom. The third kappa shape index (κ3) is 4.36. The summed E-state index contributed by atoms with van der Waals surface area (Å²) in [6.45, 7) is 4.37. The van der Waals surface area contributed by atoms with E-state index in [2.05, 4.69) is 18.7 Å². The first-order valence-electron chi connectivity index (χ1n) is 8.42. The highest BCUT2D eigenvalue weighted by Crippen LogP contribution is 2.34. The van der Waals surface area contributed by atoms with Crippen LogP contribution < -0.4 is 0 Å². The van der Waals surface area contributed by atoms with Gasteiger partial charge < -0.3 is 10.0 Å². The molecule has 1 aromatic carbocycles. The molecule has 3 nitrogen and oxygen atoms in total. The monoisotopic (exact) mass is 301 g/mol. The number of allylic oxidation sites excluding steroid dienone is 1. The summed E-state index contributed by atoms with van der Waals surface area (Å²) in [5, 5.41) is 9.60. The molecule has 0 fully saturated rings. The largest absolute Gasteiger partial charge is 0.465 e. The summed E-state index contributed by atoms with van der Waals surface area (Å²) in [4.78, 5) is 13.3.